The predicted octanol–water partition coefficient (Wildman–Crippen LogP) is -5.00. The summed E-state index contributed by atoms with van der Waals surface area (Å²) in [5.41, 5.74) is 11.0. The maximum atomic E-state index is 13.7. The number of aliphatic carboxylic acids is 5. The molecule has 3 rings (SSSR count). The van der Waals surface area contributed by atoms with Gasteiger partial charge in [-0.1, -0.05) is 0 Å². The van der Waals surface area contributed by atoms with Crippen molar-refractivity contribution >= 4 is 107 Å². The van der Waals surface area contributed by atoms with Gasteiger partial charge in [-0.3, -0.25) is 58.3 Å². The lowest BCUT2D eigenvalue weighted by Gasteiger charge is -2.26. The number of benzene rings is 1. The molecule has 0 aliphatic carbocycles. The van der Waals surface area contributed by atoms with Crippen molar-refractivity contribution in [3.05, 3.63) is 52.1 Å². The molecule has 2 heterocycles. The van der Waals surface area contributed by atoms with Crippen LogP contribution in [0.25, 0.3) is 11.2 Å². The topological polar surface area (TPSA) is 533 Å². The molecule has 0 spiro atoms. The first kappa shape index (κ1) is 58.1. The third-order valence-electron chi connectivity index (χ3n) is 9.84. The molecule has 2 aromatic heterocycles. The summed E-state index contributed by atoms with van der Waals surface area (Å²) in [6.45, 7) is -0.0194. The van der Waals surface area contributed by atoms with Crippen molar-refractivity contribution in [3.63, 3.8) is 0 Å². The molecule has 0 bridgehead atoms. The van der Waals surface area contributed by atoms with E-state index >= 15 is 0 Å². The highest BCUT2D eigenvalue weighted by Gasteiger charge is 2.35. The Morgan fingerprint density at radius 1 is 0.671 bits per heavy atom. The summed E-state index contributed by atoms with van der Waals surface area (Å²) in [6.07, 6.45) is -3.88. The number of fused-ring (bicyclic) bond motifs is 1. The molecule has 0 aliphatic rings. The van der Waals surface area contributed by atoms with Gasteiger partial charge in [-0.15, -0.1) is 0 Å². The number of thiol groups is 1. The zero-order chi connectivity index (χ0) is 54.5. The van der Waals surface area contributed by atoms with Crippen molar-refractivity contribution in [2.75, 3.05) is 23.3 Å². The Morgan fingerprint density at radius 3 is 1.68 bits per heavy atom. The van der Waals surface area contributed by atoms with Gasteiger partial charge in [0, 0.05) is 30.0 Å². The number of nitrogens with zero attached hydrogens (tertiary/aromatic N) is 3. The minimum Gasteiger partial charge on any atom is -0.481 e. The Hall–Kier alpha value is -9.17. The maximum Gasteiger partial charge on any atom is 0.327 e. The van der Waals surface area contributed by atoms with Crippen LogP contribution in [0.15, 0.2) is 35.3 Å². The standard InChI is InChI=1S/C40H51N15O17S/c41-39(42)44-9-1-2-19(32(64)51-22(11-27(59)60)34(66)52-23(12-28(61)62)35(67)53-24(15-73)38(71)72)49-33(65)21(10-26(57)58)48-25(56)8-7-20(37(69)70)50-31(63)16-3-5-17(6-4-16)45-13-18-14-46-30-29(47-18)36(68)55-40(43)54-30/h3-6,14,19-24,45,73H,1-2,7-13,15H2,(H,48,56)(H,49,65)(H,50,63)(H,51,64)(H,52,66)(H,53,67)(H,57,58)(H,59,60)(H,61,62)(H,69,70)(H,71,72)(H4,41,42,44)(H3,43,46,54,55,68)/t19-,20-,21-,22-,23-,24-/m1/s1. The predicted molar refractivity (Wildman–Crippen MR) is 251 cm³/mol. The third-order valence-corrected chi connectivity index (χ3v) is 10.2. The number of amides is 6. The number of H-pyrrole nitrogens is 1. The minimum absolute atomic E-state index is 0.00363. The first-order valence-corrected chi connectivity index (χ1v) is 22.0. The molecule has 0 fully saturated rings. The van der Waals surface area contributed by atoms with E-state index in [-0.39, 0.29) is 42.2 Å². The first-order valence-electron chi connectivity index (χ1n) is 21.3. The Kier molecular flexibility index (Phi) is 22.2. The summed E-state index contributed by atoms with van der Waals surface area (Å²) in [5, 5.41) is 72.8. The Labute approximate surface area is 415 Å². The van der Waals surface area contributed by atoms with Crippen LogP contribution in [0.4, 0.5) is 11.6 Å². The molecule has 394 valence electrons. The fraction of sp³-hybridized carbons (Fsp3) is 0.400. The molecule has 33 heteroatoms. The Bertz CT molecular complexity index is 2650. The van der Waals surface area contributed by atoms with Crippen molar-refractivity contribution in [2.45, 2.75) is 87.7 Å². The van der Waals surface area contributed by atoms with Crippen LogP contribution in [0.1, 0.15) is 61.0 Å². The number of nitrogens with one attached hydrogen (secondary N) is 10. The number of carbonyl (C=O) groups excluding carboxylic acids is 6. The zero-order valence-corrected chi connectivity index (χ0v) is 38.9. The minimum atomic E-state index is -2.10. The van der Waals surface area contributed by atoms with E-state index in [1.807, 2.05) is 16.0 Å². The molecule has 6 atom stereocenters. The number of anilines is 2. The lowest BCUT2D eigenvalue weighted by Crippen LogP contribution is -2.59. The number of carboxylic acids is 5. The van der Waals surface area contributed by atoms with Crippen LogP contribution in [0.5, 0.6) is 0 Å². The monoisotopic (exact) mass is 1050 g/mol. The van der Waals surface area contributed by atoms with Crippen LogP contribution in [-0.2, 0) is 54.5 Å². The molecule has 73 heavy (non-hydrogen) atoms. The van der Waals surface area contributed by atoms with Crippen molar-refractivity contribution in [1.82, 2.24) is 57.2 Å². The molecule has 1 aromatic carbocycles. The Morgan fingerprint density at radius 2 is 1.18 bits per heavy atom. The number of carbonyl (C=O) groups is 11. The van der Waals surface area contributed by atoms with Crippen LogP contribution in [0.3, 0.4) is 0 Å². The number of guanidine groups is 1. The largest absolute Gasteiger partial charge is 0.481 e. The number of rotatable bonds is 30. The summed E-state index contributed by atoms with van der Waals surface area (Å²) in [4.78, 5) is 165. The second kappa shape index (κ2) is 27.9. The summed E-state index contributed by atoms with van der Waals surface area (Å²) >= 11 is 3.78. The third kappa shape index (κ3) is 19.6. The quantitative estimate of drug-likeness (QED) is 0.0129. The number of aromatic nitrogens is 4. The average molecular weight is 1050 g/mol. The van der Waals surface area contributed by atoms with E-state index in [0.717, 1.165) is 0 Å². The lowest BCUT2D eigenvalue weighted by atomic mass is 10.1. The van der Waals surface area contributed by atoms with Crippen molar-refractivity contribution in [3.8, 4) is 0 Å². The van der Waals surface area contributed by atoms with Gasteiger partial charge >= 0.3 is 29.8 Å². The number of carboxylic acid groups (broad SMARTS) is 5. The molecule has 19 N–H and O–H groups in total. The Balaban J connectivity index is 1.70. The van der Waals surface area contributed by atoms with Gasteiger partial charge in [0.25, 0.3) is 11.5 Å². The van der Waals surface area contributed by atoms with Crippen LogP contribution in [0.2, 0.25) is 0 Å². The molecule has 0 saturated heterocycles. The molecular weight excluding hydrogens is 995 g/mol. The lowest BCUT2D eigenvalue weighted by molar-refractivity contribution is -0.144. The van der Waals surface area contributed by atoms with E-state index in [9.17, 15) is 83.1 Å². The second-order valence-electron chi connectivity index (χ2n) is 15.5. The van der Waals surface area contributed by atoms with Gasteiger partial charge in [-0.2, -0.15) is 17.6 Å². The van der Waals surface area contributed by atoms with Crippen LogP contribution in [-0.4, -0.2) is 165 Å². The van der Waals surface area contributed by atoms with Gasteiger partial charge in [-0.25, -0.2) is 19.6 Å². The first-order chi connectivity index (χ1) is 34.4. The number of hydrogen-bond donors (Lipinski definition) is 18. The van der Waals surface area contributed by atoms with Gasteiger partial charge in [0.15, 0.2) is 17.1 Å². The van der Waals surface area contributed by atoms with Crippen LogP contribution >= 0.6 is 12.6 Å². The zero-order valence-electron chi connectivity index (χ0n) is 38.0. The van der Waals surface area contributed by atoms with E-state index in [1.165, 1.54) is 30.5 Å². The molecule has 32 nitrogen and oxygen atoms in total. The van der Waals surface area contributed by atoms with E-state index in [2.05, 4.69) is 59.1 Å². The number of nitrogen functional groups attached to an aromatic ring is 1. The second-order valence-corrected chi connectivity index (χ2v) is 15.8. The molecule has 3 aromatic rings. The average Bonchev–Trinajstić information content (AvgIpc) is 3.30. The molecular formula is C40H51N15O17S. The van der Waals surface area contributed by atoms with Gasteiger partial charge in [0.1, 0.15) is 36.3 Å². The van der Waals surface area contributed by atoms with Crippen molar-refractivity contribution < 1.29 is 78.3 Å². The summed E-state index contributed by atoms with van der Waals surface area (Å²) in [5.74, 6) is -16.6. The smallest absolute Gasteiger partial charge is 0.327 e. The van der Waals surface area contributed by atoms with Crippen LogP contribution < -0.4 is 59.6 Å². The molecule has 6 amide bonds. The number of nitrogens with two attached hydrogens (primary N) is 2. The highest BCUT2D eigenvalue weighted by Crippen LogP contribution is 2.13. The van der Waals surface area contributed by atoms with Crippen molar-refractivity contribution in [1.29, 1.82) is 5.41 Å². The number of aromatic amines is 1. The van der Waals surface area contributed by atoms with Gasteiger partial charge < -0.3 is 79.5 Å². The molecule has 0 unspecified atom stereocenters. The van der Waals surface area contributed by atoms with Crippen molar-refractivity contribution in [2.24, 2.45) is 5.73 Å². The highest BCUT2D eigenvalue weighted by molar-refractivity contribution is 7.80. The van der Waals surface area contributed by atoms with E-state index in [4.69, 9.17) is 16.9 Å². The van der Waals surface area contributed by atoms with Gasteiger partial charge in [0.2, 0.25) is 35.5 Å². The summed E-state index contributed by atoms with van der Waals surface area (Å²) in [7, 11) is 0. The maximum absolute atomic E-state index is 13.7. The summed E-state index contributed by atoms with van der Waals surface area (Å²) < 4.78 is 0. The fourth-order valence-electron chi connectivity index (χ4n) is 6.25. The number of hydrogen-bond acceptors (Lipinski definition) is 19. The van der Waals surface area contributed by atoms with E-state index < -0.39 is 157 Å². The van der Waals surface area contributed by atoms with E-state index in [1.54, 1.807) is 0 Å². The van der Waals surface area contributed by atoms with Crippen LogP contribution in [0, 0.1) is 5.41 Å². The molecule has 0 aliphatic heterocycles. The fourth-order valence-corrected chi connectivity index (χ4v) is 6.50. The van der Waals surface area contributed by atoms with E-state index in [0.29, 0.717) is 11.4 Å². The normalized spacial score (nSPS) is 13.2. The molecule has 0 radical (unpaired) electrons. The summed E-state index contributed by atoms with van der Waals surface area (Å²) in [6, 6.07) is -5.54. The van der Waals surface area contributed by atoms with Gasteiger partial charge in [0.05, 0.1) is 37.7 Å². The molecule has 0 saturated carbocycles. The SMILES string of the molecule is N=C(N)NCCC[C@@H](NC(=O)[C@@H](CC(=O)O)NC(=O)CC[C@@H](NC(=O)c1ccc(NCc2cnc3nc(N)[nH]c(=O)c3n2)cc1)C(=O)O)C(=O)N[C@H](CC(=O)O)C(=O)N[C@H](CC(=O)O)C(=O)N[C@H](CS)C(=O)O. The van der Waals surface area contributed by atoms with Gasteiger partial charge in [-0.05, 0) is 43.5 Å². The highest BCUT2D eigenvalue weighted by atomic mass is 32.1.